The second-order valence-electron chi connectivity index (χ2n) is 2.52. The van der Waals surface area contributed by atoms with Gasteiger partial charge in [-0.15, -0.1) is 0 Å². The summed E-state index contributed by atoms with van der Waals surface area (Å²) in [5, 5.41) is 9.24. The van der Waals surface area contributed by atoms with E-state index in [9.17, 15) is 5.11 Å². The number of hydrogen-bond donors (Lipinski definition) is 1. The summed E-state index contributed by atoms with van der Waals surface area (Å²) >= 11 is 0. The Hall–Kier alpha value is -0.160. The quantitative estimate of drug-likeness (QED) is 0.608. The molecule has 0 aromatic rings. The van der Waals surface area contributed by atoms with Gasteiger partial charge in [-0.05, 0) is 6.42 Å². The number of rotatable bonds is 2. The average molecular weight is 162 g/mol. The summed E-state index contributed by atoms with van der Waals surface area (Å²) < 4.78 is 15.1. The van der Waals surface area contributed by atoms with E-state index in [0.717, 1.165) is 6.42 Å². The Morgan fingerprint density at radius 2 is 2.09 bits per heavy atom. The third-order valence-corrected chi connectivity index (χ3v) is 1.91. The van der Waals surface area contributed by atoms with E-state index in [1.165, 1.54) is 7.11 Å². The van der Waals surface area contributed by atoms with Gasteiger partial charge in [-0.3, -0.25) is 0 Å². The summed E-state index contributed by atoms with van der Waals surface area (Å²) in [6.45, 7) is 0.527. The molecule has 1 aliphatic heterocycles. The molecule has 0 aromatic heterocycles. The first-order valence-corrected chi connectivity index (χ1v) is 3.65. The van der Waals surface area contributed by atoms with Gasteiger partial charge in [0.05, 0.1) is 12.7 Å². The molecule has 1 aliphatic rings. The molecule has 1 saturated heterocycles. The van der Waals surface area contributed by atoms with Crippen LogP contribution in [0.4, 0.5) is 0 Å². The Morgan fingerprint density at radius 3 is 2.55 bits per heavy atom. The zero-order valence-electron chi connectivity index (χ0n) is 6.82. The van der Waals surface area contributed by atoms with Crippen molar-refractivity contribution < 1.29 is 19.3 Å². The maximum Gasteiger partial charge on any atom is 0.183 e. The van der Waals surface area contributed by atoms with Crippen LogP contribution in [-0.4, -0.2) is 44.4 Å². The summed E-state index contributed by atoms with van der Waals surface area (Å²) in [6.07, 6.45) is -0.484. The first-order valence-electron chi connectivity index (χ1n) is 3.65. The second-order valence-corrected chi connectivity index (χ2v) is 2.52. The van der Waals surface area contributed by atoms with E-state index in [1.807, 2.05) is 0 Å². The van der Waals surface area contributed by atoms with Crippen LogP contribution in [0.25, 0.3) is 0 Å². The summed E-state index contributed by atoms with van der Waals surface area (Å²) in [6, 6.07) is 0. The highest BCUT2D eigenvalue weighted by atomic mass is 16.6. The van der Waals surface area contributed by atoms with Crippen molar-refractivity contribution in [3.63, 3.8) is 0 Å². The number of aliphatic hydroxyl groups excluding tert-OH is 1. The summed E-state index contributed by atoms with van der Waals surface area (Å²) in [7, 11) is 3.14. The number of hydrogen-bond acceptors (Lipinski definition) is 4. The first kappa shape index (κ1) is 8.93. The van der Waals surface area contributed by atoms with E-state index in [4.69, 9.17) is 14.2 Å². The van der Waals surface area contributed by atoms with Crippen LogP contribution in [0.1, 0.15) is 6.42 Å². The Labute approximate surface area is 66.1 Å². The Kier molecular flexibility index (Phi) is 3.26. The first-order chi connectivity index (χ1) is 5.29. The normalized spacial score (nSPS) is 39.0. The van der Waals surface area contributed by atoms with Gasteiger partial charge in [0.1, 0.15) is 6.10 Å². The minimum atomic E-state index is -0.848. The second kappa shape index (κ2) is 4.01. The molecule has 1 heterocycles. The van der Waals surface area contributed by atoms with Gasteiger partial charge in [0.15, 0.2) is 6.29 Å². The van der Waals surface area contributed by atoms with Gasteiger partial charge >= 0.3 is 0 Å². The Morgan fingerprint density at radius 1 is 1.36 bits per heavy atom. The third-order valence-electron chi connectivity index (χ3n) is 1.91. The van der Waals surface area contributed by atoms with Crippen LogP contribution in [0.3, 0.4) is 0 Å². The smallest absolute Gasteiger partial charge is 0.183 e. The van der Waals surface area contributed by atoms with Crippen LogP contribution >= 0.6 is 0 Å². The molecule has 3 atom stereocenters. The highest BCUT2D eigenvalue weighted by molar-refractivity contribution is 4.76. The van der Waals surface area contributed by atoms with Crippen LogP contribution in [-0.2, 0) is 14.2 Å². The molecular weight excluding hydrogens is 148 g/mol. The number of ether oxygens (including phenoxy) is 3. The van der Waals surface area contributed by atoms with Gasteiger partial charge in [-0.2, -0.15) is 0 Å². The summed E-state index contributed by atoms with van der Waals surface area (Å²) in [4.78, 5) is 0. The van der Waals surface area contributed by atoms with Crippen molar-refractivity contribution >= 4 is 0 Å². The zero-order chi connectivity index (χ0) is 8.27. The summed E-state index contributed by atoms with van der Waals surface area (Å²) in [5.74, 6) is 0. The van der Waals surface area contributed by atoms with Crippen molar-refractivity contribution in [2.24, 2.45) is 0 Å². The highest BCUT2D eigenvalue weighted by Crippen LogP contribution is 2.17. The van der Waals surface area contributed by atoms with Crippen molar-refractivity contribution in [3.05, 3.63) is 0 Å². The van der Waals surface area contributed by atoms with Crippen molar-refractivity contribution in [2.45, 2.75) is 24.9 Å². The van der Waals surface area contributed by atoms with E-state index in [0.29, 0.717) is 6.61 Å². The lowest BCUT2D eigenvalue weighted by atomic mass is 10.1. The zero-order valence-corrected chi connectivity index (χ0v) is 6.82. The van der Waals surface area contributed by atoms with E-state index in [1.54, 1.807) is 7.11 Å². The lowest BCUT2D eigenvalue weighted by Crippen LogP contribution is -2.46. The SMILES string of the molecule is COC1CCOC(O)C1OC. The minimum Gasteiger partial charge on any atom is -0.378 e. The van der Waals surface area contributed by atoms with Crippen LogP contribution < -0.4 is 0 Å². The lowest BCUT2D eigenvalue weighted by molar-refractivity contribution is -0.233. The van der Waals surface area contributed by atoms with Gasteiger partial charge in [-0.25, -0.2) is 0 Å². The fourth-order valence-corrected chi connectivity index (χ4v) is 1.27. The predicted octanol–water partition coefficient (Wildman–Crippen LogP) is -0.245. The monoisotopic (exact) mass is 162 g/mol. The maximum absolute atomic E-state index is 9.24. The van der Waals surface area contributed by atoms with Crippen molar-refractivity contribution in [2.75, 3.05) is 20.8 Å². The number of aliphatic hydroxyl groups is 1. The Bertz CT molecular complexity index is 117. The highest BCUT2D eigenvalue weighted by Gasteiger charge is 2.32. The molecule has 66 valence electrons. The van der Waals surface area contributed by atoms with Crippen LogP contribution in [0.5, 0.6) is 0 Å². The van der Waals surface area contributed by atoms with E-state index >= 15 is 0 Å². The molecular formula is C7H14O4. The van der Waals surface area contributed by atoms with Crippen LogP contribution in [0.15, 0.2) is 0 Å². The van der Waals surface area contributed by atoms with Crippen LogP contribution in [0, 0.1) is 0 Å². The molecule has 0 aromatic carbocycles. The van der Waals surface area contributed by atoms with Crippen molar-refractivity contribution in [1.82, 2.24) is 0 Å². The average Bonchev–Trinajstić information content (AvgIpc) is 2.04. The van der Waals surface area contributed by atoms with Gasteiger partial charge in [-0.1, -0.05) is 0 Å². The molecule has 0 radical (unpaired) electrons. The minimum absolute atomic E-state index is 0.0521. The predicted molar refractivity (Wildman–Crippen MR) is 38.2 cm³/mol. The van der Waals surface area contributed by atoms with Gasteiger partial charge in [0, 0.05) is 14.2 Å². The van der Waals surface area contributed by atoms with Gasteiger partial charge in [0.25, 0.3) is 0 Å². The molecule has 4 nitrogen and oxygen atoms in total. The molecule has 3 unspecified atom stereocenters. The molecule has 11 heavy (non-hydrogen) atoms. The fourth-order valence-electron chi connectivity index (χ4n) is 1.27. The lowest BCUT2D eigenvalue weighted by Gasteiger charge is -2.33. The molecule has 4 heteroatoms. The molecule has 0 spiro atoms. The number of methoxy groups -OCH3 is 2. The third kappa shape index (κ3) is 1.90. The fraction of sp³-hybridized carbons (Fsp3) is 1.00. The van der Waals surface area contributed by atoms with Crippen LogP contribution in [0.2, 0.25) is 0 Å². The molecule has 1 fully saturated rings. The maximum atomic E-state index is 9.24. The molecule has 0 bridgehead atoms. The van der Waals surface area contributed by atoms with Gasteiger partial charge < -0.3 is 19.3 Å². The molecule has 0 aliphatic carbocycles. The standard InChI is InChI=1S/C7H14O4/c1-9-5-3-4-11-7(8)6(5)10-2/h5-8H,3-4H2,1-2H3. The molecule has 1 rings (SSSR count). The van der Waals surface area contributed by atoms with E-state index < -0.39 is 6.29 Å². The molecule has 0 amide bonds. The molecule has 0 saturated carbocycles. The van der Waals surface area contributed by atoms with E-state index in [-0.39, 0.29) is 12.2 Å². The summed E-state index contributed by atoms with van der Waals surface area (Å²) in [5.41, 5.74) is 0. The largest absolute Gasteiger partial charge is 0.378 e. The topological polar surface area (TPSA) is 47.9 Å². The molecule has 1 N–H and O–H groups in total. The van der Waals surface area contributed by atoms with Crippen molar-refractivity contribution in [3.8, 4) is 0 Å². The van der Waals surface area contributed by atoms with Crippen molar-refractivity contribution in [1.29, 1.82) is 0 Å². The van der Waals surface area contributed by atoms with E-state index in [2.05, 4.69) is 0 Å². The Balaban J connectivity index is 2.48. The van der Waals surface area contributed by atoms with Gasteiger partial charge in [0.2, 0.25) is 0 Å².